The molecular weight excluding hydrogens is 192 g/mol. The van der Waals surface area contributed by atoms with Gasteiger partial charge < -0.3 is 15.4 Å². The molecule has 1 atom stereocenters. The van der Waals surface area contributed by atoms with Crippen LogP contribution in [0.4, 0.5) is 0 Å². The minimum absolute atomic E-state index is 0.0825. The van der Waals surface area contributed by atoms with Gasteiger partial charge in [0.2, 0.25) is 5.91 Å². The zero-order chi connectivity index (χ0) is 12.1. The topological polar surface area (TPSA) is 55.6 Å². The number of carbonyl (C=O) groups excluding carboxylic acids is 1. The van der Waals surface area contributed by atoms with E-state index in [1.165, 1.54) is 0 Å². The zero-order valence-electron chi connectivity index (χ0n) is 10.5. The monoisotopic (exact) mass is 216 g/mol. The van der Waals surface area contributed by atoms with Gasteiger partial charge in [0.25, 0.3) is 0 Å². The minimum Gasteiger partial charge on any atom is -0.380 e. The Hall–Kier alpha value is -0.610. The Labute approximate surface area is 92.8 Å². The average molecular weight is 216 g/mol. The Bertz CT molecular complexity index is 201. The van der Waals surface area contributed by atoms with Crippen molar-refractivity contribution in [3.8, 4) is 0 Å². The van der Waals surface area contributed by atoms with E-state index in [0.717, 1.165) is 6.42 Å². The fourth-order valence-corrected chi connectivity index (χ4v) is 1.17. The molecule has 0 saturated heterocycles. The van der Waals surface area contributed by atoms with Crippen molar-refractivity contribution >= 4 is 5.91 Å². The van der Waals surface area contributed by atoms with Gasteiger partial charge >= 0.3 is 0 Å². The molecule has 0 fully saturated rings. The lowest BCUT2D eigenvalue weighted by Crippen LogP contribution is -2.46. The molecule has 0 saturated carbocycles. The number of nitrogens with two attached hydrogens (primary N) is 1. The Morgan fingerprint density at radius 2 is 2.07 bits per heavy atom. The van der Waals surface area contributed by atoms with Gasteiger partial charge in [0.1, 0.15) is 0 Å². The highest BCUT2D eigenvalue weighted by atomic mass is 16.5. The Morgan fingerprint density at radius 3 is 2.40 bits per heavy atom. The summed E-state index contributed by atoms with van der Waals surface area (Å²) in [6.07, 6.45) is 1.11. The van der Waals surface area contributed by atoms with Crippen molar-refractivity contribution in [1.29, 1.82) is 0 Å². The van der Waals surface area contributed by atoms with Crippen LogP contribution in [-0.4, -0.2) is 43.2 Å². The number of carbonyl (C=O) groups is 1. The van der Waals surface area contributed by atoms with Gasteiger partial charge in [-0.25, -0.2) is 0 Å². The van der Waals surface area contributed by atoms with E-state index in [2.05, 4.69) is 20.8 Å². The van der Waals surface area contributed by atoms with Crippen molar-refractivity contribution in [2.45, 2.75) is 45.3 Å². The smallest absolute Gasteiger partial charge is 0.225 e. The molecule has 1 unspecified atom stereocenters. The normalized spacial score (nSPS) is 13.7. The molecule has 4 heteroatoms. The highest BCUT2D eigenvalue weighted by Gasteiger charge is 2.26. The van der Waals surface area contributed by atoms with Gasteiger partial charge in [-0.3, -0.25) is 4.79 Å². The van der Waals surface area contributed by atoms with E-state index in [4.69, 9.17) is 10.5 Å². The van der Waals surface area contributed by atoms with Crippen molar-refractivity contribution in [1.82, 2.24) is 4.90 Å². The molecule has 0 spiro atoms. The number of nitrogens with zero attached hydrogens (tertiary/aromatic N) is 1. The fraction of sp³-hybridized carbons (Fsp3) is 0.909. The predicted octanol–water partition coefficient (Wildman–Crippen LogP) is 0.997. The van der Waals surface area contributed by atoms with Crippen LogP contribution < -0.4 is 5.73 Å². The van der Waals surface area contributed by atoms with E-state index in [9.17, 15) is 4.79 Å². The molecule has 0 aromatic rings. The van der Waals surface area contributed by atoms with Crippen LogP contribution in [0.2, 0.25) is 0 Å². The van der Waals surface area contributed by atoms with E-state index < -0.39 is 0 Å². The summed E-state index contributed by atoms with van der Waals surface area (Å²) in [7, 11) is 3.41. The summed E-state index contributed by atoms with van der Waals surface area (Å²) < 4.78 is 5.09. The molecule has 0 radical (unpaired) electrons. The zero-order valence-corrected chi connectivity index (χ0v) is 10.5. The fourth-order valence-electron chi connectivity index (χ4n) is 1.17. The summed E-state index contributed by atoms with van der Waals surface area (Å²) in [4.78, 5) is 13.6. The summed E-state index contributed by atoms with van der Waals surface area (Å²) >= 11 is 0. The molecule has 4 nitrogen and oxygen atoms in total. The first-order valence-corrected chi connectivity index (χ1v) is 5.38. The Morgan fingerprint density at radius 1 is 1.53 bits per heavy atom. The van der Waals surface area contributed by atoms with Gasteiger partial charge in [-0.15, -0.1) is 0 Å². The highest BCUT2D eigenvalue weighted by Crippen LogP contribution is 2.17. The molecular formula is C11H24N2O2. The van der Waals surface area contributed by atoms with Gasteiger partial charge in [0.15, 0.2) is 0 Å². The number of hydrogen-bond acceptors (Lipinski definition) is 3. The van der Waals surface area contributed by atoms with Crippen LogP contribution in [0.25, 0.3) is 0 Å². The predicted molar refractivity (Wildman–Crippen MR) is 61.6 cm³/mol. The average Bonchev–Trinajstić information content (AvgIpc) is 2.24. The summed E-state index contributed by atoms with van der Waals surface area (Å²) in [6.45, 7) is 6.55. The van der Waals surface area contributed by atoms with Crippen LogP contribution in [0.1, 0.15) is 33.6 Å². The van der Waals surface area contributed by atoms with Gasteiger partial charge in [-0.05, 0) is 20.3 Å². The van der Waals surface area contributed by atoms with Crippen molar-refractivity contribution in [3.63, 3.8) is 0 Å². The maximum absolute atomic E-state index is 11.9. The largest absolute Gasteiger partial charge is 0.380 e. The van der Waals surface area contributed by atoms with Gasteiger partial charge in [0.05, 0.1) is 12.5 Å². The Kier molecular flexibility index (Phi) is 5.83. The molecule has 0 rings (SSSR count). The lowest BCUT2D eigenvalue weighted by atomic mass is 9.99. The van der Waals surface area contributed by atoms with Gasteiger partial charge in [-0.1, -0.05) is 6.92 Å². The van der Waals surface area contributed by atoms with Crippen LogP contribution in [0.15, 0.2) is 0 Å². The van der Waals surface area contributed by atoms with Crippen LogP contribution in [-0.2, 0) is 9.53 Å². The van der Waals surface area contributed by atoms with Gasteiger partial charge in [0, 0.05) is 26.2 Å². The lowest BCUT2D eigenvalue weighted by molar-refractivity contribution is -0.137. The number of hydrogen-bond donors (Lipinski definition) is 1. The summed E-state index contributed by atoms with van der Waals surface area (Å²) in [6, 6.07) is 0. The number of amides is 1. The molecule has 0 aliphatic heterocycles. The highest BCUT2D eigenvalue weighted by molar-refractivity contribution is 5.77. The molecule has 0 heterocycles. The maximum atomic E-state index is 11.9. The van der Waals surface area contributed by atoms with E-state index in [1.54, 1.807) is 12.0 Å². The SMILES string of the molecule is CCC(C)(C)N(C)C(=O)CC(CN)OC. The molecule has 0 aliphatic carbocycles. The third-order valence-corrected chi connectivity index (χ3v) is 3.15. The first-order chi connectivity index (χ1) is 6.88. The second-order valence-corrected chi connectivity index (χ2v) is 4.42. The van der Waals surface area contributed by atoms with E-state index in [1.807, 2.05) is 7.05 Å². The molecule has 0 aromatic heterocycles. The number of rotatable bonds is 6. The maximum Gasteiger partial charge on any atom is 0.225 e. The van der Waals surface area contributed by atoms with E-state index in [-0.39, 0.29) is 17.6 Å². The molecule has 90 valence electrons. The number of ether oxygens (including phenoxy) is 1. The van der Waals surface area contributed by atoms with Crippen LogP contribution >= 0.6 is 0 Å². The van der Waals surface area contributed by atoms with Crippen molar-refractivity contribution < 1.29 is 9.53 Å². The van der Waals surface area contributed by atoms with Gasteiger partial charge in [-0.2, -0.15) is 0 Å². The van der Waals surface area contributed by atoms with Crippen LogP contribution in [0.3, 0.4) is 0 Å². The number of methoxy groups -OCH3 is 1. The molecule has 15 heavy (non-hydrogen) atoms. The second kappa shape index (κ2) is 6.08. The summed E-state index contributed by atoms with van der Waals surface area (Å²) in [5.41, 5.74) is 5.37. The van der Waals surface area contributed by atoms with E-state index in [0.29, 0.717) is 13.0 Å². The quantitative estimate of drug-likeness (QED) is 0.720. The van der Waals surface area contributed by atoms with Crippen LogP contribution in [0.5, 0.6) is 0 Å². The molecule has 1 amide bonds. The molecule has 0 bridgehead atoms. The first kappa shape index (κ1) is 14.4. The van der Waals surface area contributed by atoms with E-state index >= 15 is 0 Å². The molecule has 0 aromatic carbocycles. The molecule has 0 aliphatic rings. The first-order valence-electron chi connectivity index (χ1n) is 5.38. The van der Waals surface area contributed by atoms with Crippen molar-refractivity contribution in [2.24, 2.45) is 5.73 Å². The standard InChI is InChI=1S/C11H24N2O2/c1-6-11(2,3)13(4)10(14)7-9(8-12)15-5/h9H,6-8,12H2,1-5H3. The lowest BCUT2D eigenvalue weighted by Gasteiger charge is -2.35. The van der Waals surface area contributed by atoms with Crippen LogP contribution in [0, 0.1) is 0 Å². The van der Waals surface area contributed by atoms with Crippen molar-refractivity contribution in [2.75, 3.05) is 20.7 Å². The van der Waals surface area contributed by atoms with Crippen molar-refractivity contribution in [3.05, 3.63) is 0 Å². The Balaban J connectivity index is 4.33. The molecule has 2 N–H and O–H groups in total. The summed E-state index contributed by atoms with van der Waals surface area (Å²) in [5.74, 6) is 0.0825. The third kappa shape index (κ3) is 4.18. The summed E-state index contributed by atoms with van der Waals surface area (Å²) in [5, 5.41) is 0. The minimum atomic E-state index is -0.174. The second-order valence-electron chi connectivity index (χ2n) is 4.42. The third-order valence-electron chi connectivity index (χ3n) is 3.15.